The molecule has 0 amide bonds. The molecule has 0 saturated heterocycles. The predicted molar refractivity (Wildman–Crippen MR) is 76.8 cm³/mol. The smallest absolute Gasteiger partial charge is 0.0678 e. The molecule has 0 aromatic rings. The molecule has 0 aromatic heterocycles. The van der Waals surface area contributed by atoms with Crippen LogP contribution in [0.15, 0.2) is 0 Å². The first kappa shape index (κ1) is 13.9. The topological polar surface area (TPSA) is 40.5 Å². The van der Waals surface area contributed by atoms with Crippen molar-refractivity contribution in [2.75, 3.05) is 0 Å². The van der Waals surface area contributed by atoms with Gasteiger partial charge in [-0.1, -0.05) is 25.7 Å². The molecule has 0 bridgehead atoms. The fourth-order valence-electron chi connectivity index (χ4n) is 5.80. The van der Waals surface area contributed by atoms with Crippen molar-refractivity contribution in [3.63, 3.8) is 0 Å². The highest BCUT2D eigenvalue weighted by molar-refractivity contribution is 5.10. The molecule has 3 aliphatic rings. The second-order valence-electron chi connectivity index (χ2n) is 8.02. The first-order chi connectivity index (χ1) is 8.89. The fourth-order valence-corrected chi connectivity index (χ4v) is 5.80. The number of fused-ring (bicyclic) bond motifs is 3. The summed E-state index contributed by atoms with van der Waals surface area (Å²) in [5.41, 5.74) is -0.939. The van der Waals surface area contributed by atoms with Crippen molar-refractivity contribution in [2.45, 2.75) is 89.3 Å². The van der Waals surface area contributed by atoms with Gasteiger partial charge in [0.1, 0.15) is 0 Å². The van der Waals surface area contributed by atoms with Crippen molar-refractivity contribution in [2.24, 2.45) is 17.3 Å². The molecule has 3 fully saturated rings. The molecular formula is C17H30O2. The average molecular weight is 266 g/mol. The van der Waals surface area contributed by atoms with E-state index in [1.54, 1.807) is 0 Å². The Morgan fingerprint density at radius 2 is 1.47 bits per heavy atom. The van der Waals surface area contributed by atoms with Gasteiger partial charge in [0.15, 0.2) is 0 Å². The summed E-state index contributed by atoms with van der Waals surface area (Å²) in [6.07, 6.45) is 11.5. The second kappa shape index (κ2) is 4.46. The van der Waals surface area contributed by atoms with Crippen molar-refractivity contribution in [3.8, 4) is 0 Å². The van der Waals surface area contributed by atoms with E-state index in [9.17, 15) is 10.2 Å². The zero-order valence-corrected chi connectivity index (χ0v) is 12.6. The Bertz CT molecular complexity index is 346. The van der Waals surface area contributed by atoms with E-state index in [1.165, 1.54) is 38.5 Å². The van der Waals surface area contributed by atoms with Crippen LogP contribution in [0.1, 0.15) is 78.1 Å². The van der Waals surface area contributed by atoms with Crippen LogP contribution in [0.2, 0.25) is 0 Å². The zero-order valence-electron chi connectivity index (χ0n) is 12.6. The van der Waals surface area contributed by atoms with Crippen LogP contribution in [0.5, 0.6) is 0 Å². The third kappa shape index (κ3) is 1.98. The Morgan fingerprint density at radius 3 is 2.16 bits per heavy atom. The molecule has 2 heteroatoms. The highest BCUT2D eigenvalue weighted by Crippen LogP contribution is 2.62. The van der Waals surface area contributed by atoms with Crippen molar-refractivity contribution in [1.82, 2.24) is 0 Å². The van der Waals surface area contributed by atoms with Gasteiger partial charge in [-0.3, -0.25) is 0 Å². The molecule has 2 nitrogen and oxygen atoms in total. The van der Waals surface area contributed by atoms with Gasteiger partial charge in [0, 0.05) is 5.41 Å². The SMILES string of the molecule is CC(C)(O)C12CCCCC1C1CCCCC1(O)CC2. The van der Waals surface area contributed by atoms with Crippen LogP contribution in [-0.2, 0) is 0 Å². The third-order valence-corrected chi connectivity index (χ3v) is 6.87. The van der Waals surface area contributed by atoms with Gasteiger partial charge in [0.25, 0.3) is 0 Å². The van der Waals surface area contributed by atoms with E-state index in [-0.39, 0.29) is 5.41 Å². The number of hydrogen-bond donors (Lipinski definition) is 2. The van der Waals surface area contributed by atoms with E-state index in [0.29, 0.717) is 11.8 Å². The van der Waals surface area contributed by atoms with Gasteiger partial charge in [-0.25, -0.2) is 0 Å². The van der Waals surface area contributed by atoms with Gasteiger partial charge in [-0.05, 0) is 64.2 Å². The molecule has 2 N–H and O–H groups in total. The van der Waals surface area contributed by atoms with Gasteiger partial charge < -0.3 is 10.2 Å². The van der Waals surface area contributed by atoms with Gasteiger partial charge in [0.05, 0.1) is 11.2 Å². The number of rotatable bonds is 1. The number of aliphatic hydroxyl groups is 2. The quantitative estimate of drug-likeness (QED) is 0.760. The minimum absolute atomic E-state index is 0.0689. The van der Waals surface area contributed by atoms with E-state index in [1.807, 2.05) is 13.8 Å². The molecule has 0 heterocycles. The summed E-state index contributed by atoms with van der Waals surface area (Å²) in [7, 11) is 0. The largest absolute Gasteiger partial charge is 0.390 e. The standard InChI is InChI=1S/C17H30O2/c1-15(2,18)16-9-5-3-7-13(16)14-8-4-6-10-17(14,19)12-11-16/h13-14,18-19H,3-12H2,1-2H3. The summed E-state index contributed by atoms with van der Waals surface area (Å²) in [6, 6.07) is 0. The van der Waals surface area contributed by atoms with E-state index in [0.717, 1.165) is 25.7 Å². The Kier molecular flexibility index (Phi) is 3.26. The monoisotopic (exact) mass is 266 g/mol. The van der Waals surface area contributed by atoms with Crippen LogP contribution in [0.3, 0.4) is 0 Å². The molecule has 4 unspecified atom stereocenters. The van der Waals surface area contributed by atoms with Crippen LogP contribution in [0.4, 0.5) is 0 Å². The van der Waals surface area contributed by atoms with Gasteiger partial charge in [0.2, 0.25) is 0 Å². The first-order valence-corrected chi connectivity index (χ1v) is 8.34. The Balaban J connectivity index is 1.96. The Labute approximate surface area is 117 Å². The molecule has 0 aliphatic heterocycles. The Morgan fingerprint density at radius 1 is 0.842 bits per heavy atom. The van der Waals surface area contributed by atoms with Crippen molar-refractivity contribution in [3.05, 3.63) is 0 Å². The van der Waals surface area contributed by atoms with E-state index < -0.39 is 11.2 Å². The molecular weight excluding hydrogens is 236 g/mol. The minimum atomic E-state index is -0.600. The lowest BCUT2D eigenvalue weighted by molar-refractivity contribution is -0.210. The van der Waals surface area contributed by atoms with Crippen molar-refractivity contribution < 1.29 is 10.2 Å². The molecule has 4 atom stereocenters. The molecule has 3 rings (SSSR count). The molecule has 0 aromatic carbocycles. The van der Waals surface area contributed by atoms with E-state index in [2.05, 4.69) is 0 Å². The second-order valence-corrected chi connectivity index (χ2v) is 8.02. The van der Waals surface area contributed by atoms with E-state index in [4.69, 9.17) is 0 Å². The van der Waals surface area contributed by atoms with Crippen LogP contribution in [0.25, 0.3) is 0 Å². The lowest BCUT2D eigenvalue weighted by atomic mass is 9.45. The molecule has 110 valence electrons. The Hall–Kier alpha value is -0.0800. The molecule has 19 heavy (non-hydrogen) atoms. The van der Waals surface area contributed by atoms with Crippen LogP contribution in [0, 0.1) is 17.3 Å². The summed E-state index contributed by atoms with van der Waals surface area (Å²) < 4.78 is 0. The normalized spacial score (nSPS) is 47.4. The number of hydrogen-bond acceptors (Lipinski definition) is 2. The molecule has 3 aliphatic carbocycles. The van der Waals surface area contributed by atoms with Crippen molar-refractivity contribution in [1.29, 1.82) is 0 Å². The summed E-state index contributed by atoms with van der Waals surface area (Å²) >= 11 is 0. The van der Waals surface area contributed by atoms with Crippen LogP contribution in [-0.4, -0.2) is 21.4 Å². The molecule has 0 spiro atoms. The van der Waals surface area contributed by atoms with E-state index >= 15 is 0 Å². The first-order valence-electron chi connectivity index (χ1n) is 8.34. The highest BCUT2D eigenvalue weighted by Gasteiger charge is 2.60. The van der Waals surface area contributed by atoms with Gasteiger partial charge in [-0.2, -0.15) is 0 Å². The van der Waals surface area contributed by atoms with Crippen molar-refractivity contribution >= 4 is 0 Å². The zero-order chi connectivity index (χ0) is 13.7. The van der Waals surface area contributed by atoms with Crippen LogP contribution >= 0.6 is 0 Å². The summed E-state index contributed by atoms with van der Waals surface area (Å²) in [6.45, 7) is 4.02. The maximum atomic E-state index is 11.0. The fraction of sp³-hybridized carbons (Fsp3) is 1.00. The molecule has 3 saturated carbocycles. The highest BCUT2D eigenvalue weighted by atomic mass is 16.3. The summed E-state index contributed by atoms with van der Waals surface area (Å²) in [4.78, 5) is 0. The lowest BCUT2D eigenvalue weighted by Crippen LogP contribution is -2.61. The maximum Gasteiger partial charge on any atom is 0.0678 e. The maximum absolute atomic E-state index is 11.0. The van der Waals surface area contributed by atoms with Gasteiger partial charge >= 0.3 is 0 Å². The summed E-state index contributed by atoms with van der Waals surface area (Å²) in [5.74, 6) is 0.988. The molecule has 0 radical (unpaired) electrons. The van der Waals surface area contributed by atoms with Crippen LogP contribution < -0.4 is 0 Å². The lowest BCUT2D eigenvalue weighted by Gasteiger charge is -2.62. The predicted octanol–water partition coefficient (Wildman–Crippen LogP) is 3.65. The minimum Gasteiger partial charge on any atom is -0.390 e. The van der Waals surface area contributed by atoms with Gasteiger partial charge in [-0.15, -0.1) is 0 Å². The third-order valence-electron chi connectivity index (χ3n) is 6.87. The average Bonchev–Trinajstić information content (AvgIpc) is 2.37. The summed E-state index contributed by atoms with van der Waals surface area (Å²) in [5, 5.41) is 21.8.